The first-order valence-corrected chi connectivity index (χ1v) is 19.1. The van der Waals surface area contributed by atoms with Gasteiger partial charge in [0, 0.05) is 6.42 Å². The molecule has 0 amide bonds. The lowest BCUT2D eigenvalue weighted by atomic mass is 9.94. The average Bonchev–Trinajstić information content (AvgIpc) is 3.06. The van der Waals surface area contributed by atoms with E-state index in [4.69, 9.17) is 9.84 Å². The quantitative estimate of drug-likeness (QED) is 0.0315. The van der Waals surface area contributed by atoms with E-state index >= 15 is 0 Å². The minimum absolute atomic E-state index is 0.0749. The highest BCUT2D eigenvalue weighted by Gasteiger charge is 2.27. The smallest absolute Gasteiger partial charge is 0.316 e. The molecule has 0 aromatic heterocycles. The lowest BCUT2D eigenvalue weighted by Gasteiger charge is -2.16. The molecule has 0 aliphatic carbocycles. The molecule has 0 bridgehead atoms. The van der Waals surface area contributed by atoms with Crippen LogP contribution in [0, 0.1) is 5.92 Å². The molecule has 0 aromatic carbocycles. The van der Waals surface area contributed by atoms with E-state index in [0.29, 0.717) is 19.3 Å². The Morgan fingerprint density at radius 1 is 0.565 bits per heavy atom. The molecule has 0 fully saturated rings. The first kappa shape index (κ1) is 44.0. The molecule has 0 spiro atoms. The van der Waals surface area contributed by atoms with Gasteiger partial charge in [0.15, 0.2) is 0 Å². The number of ketones is 1. The Bertz CT molecular complexity index is 797. The molecule has 0 saturated carbocycles. The minimum Gasteiger partial charge on any atom is -0.462 e. The van der Waals surface area contributed by atoms with E-state index in [1.807, 2.05) is 6.08 Å². The number of carbonyl (C=O) groups excluding carboxylic acids is 2. The summed E-state index contributed by atoms with van der Waals surface area (Å²) in [7, 11) is 0. The third kappa shape index (κ3) is 30.7. The summed E-state index contributed by atoms with van der Waals surface area (Å²) in [5.74, 6) is -1.48. The van der Waals surface area contributed by atoms with Crippen molar-refractivity contribution in [2.75, 3.05) is 13.2 Å². The van der Waals surface area contributed by atoms with Crippen LogP contribution in [0.2, 0.25) is 0 Å². The summed E-state index contributed by atoms with van der Waals surface area (Å²) in [4.78, 5) is 25.6. The molecule has 0 heterocycles. The number of aliphatic hydroxyl groups is 2. The fraction of sp³-hybridized carbons (Fsp3) is 0.756. The highest BCUT2D eigenvalue weighted by atomic mass is 16.5. The Labute approximate surface area is 284 Å². The first-order chi connectivity index (χ1) is 22.6. The molecule has 46 heavy (non-hydrogen) atoms. The Kier molecular flexibility index (Phi) is 34.3. The Balaban J connectivity index is 4.21. The lowest BCUT2D eigenvalue weighted by molar-refractivity contribution is -0.155. The molecule has 5 heteroatoms. The van der Waals surface area contributed by atoms with Crippen LogP contribution in [0.5, 0.6) is 0 Å². The van der Waals surface area contributed by atoms with Crippen LogP contribution < -0.4 is 0 Å². The highest BCUT2D eigenvalue weighted by Crippen LogP contribution is 2.18. The Morgan fingerprint density at radius 3 is 1.46 bits per heavy atom. The van der Waals surface area contributed by atoms with E-state index in [0.717, 1.165) is 38.5 Å². The van der Waals surface area contributed by atoms with Crippen LogP contribution >= 0.6 is 0 Å². The predicted octanol–water partition coefficient (Wildman–Crippen LogP) is 11.1. The van der Waals surface area contributed by atoms with Crippen LogP contribution in [0.3, 0.4) is 0 Å². The number of hydrogen-bond acceptors (Lipinski definition) is 5. The van der Waals surface area contributed by atoms with Gasteiger partial charge in [-0.3, -0.25) is 9.59 Å². The van der Waals surface area contributed by atoms with E-state index in [-0.39, 0.29) is 12.4 Å². The summed E-state index contributed by atoms with van der Waals surface area (Å²) < 4.78 is 5.17. The Hall–Kier alpha value is -1.98. The van der Waals surface area contributed by atoms with E-state index in [9.17, 15) is 14.7 Å². The van der Waals surface area contributed by atoms with Crippen molar-refractivity contribution in [3.8, 4) is 0 Å². The summed E-state index contributed by atoms with van der Waals surface area (Å²) in [6.07, 6.45) is 44.3. The largest absolute Gasteiger partial charge is 0.462 e. The van der Waals surface area contributed by atoms with Gasteiger partial charge in [-0.05, 0) is 51.4 Å². The molecule has 266 valence electrons. The summed E-state index contributed by atoms with van der Waals surface area (Å²) in [6, 6.07) is 0. The average molecular weight is 645 g/mol. The van der Waals surface area contributed by atoms with E-state index in [2.05, 4.69) is 56.4 Å². The molecule has 2 atom stereocenters. The van der Waals surface area contributed by atoms with Crippen LogP contribution in [0.25, 0.3) is 0 Å². The molecule has 0 aliphatic heterocycles. The Morgan fingerprint density at radius 2 is 0.978 bits per heavy atom. The zero-order valence-corrected chi connectivity index (χ0v) is 30.0. The van der Waals surface area contributed by atoms with Gasteiger partial charge < -0.3 is 14.9 Å². The number of Topliss-reactive ketones (excluding diaryl/α,β-unsaturated/α-hetero) is 1. The number of esters is 1. The molecule has 2 N–H and O–H groups in total. The van der Waals surface area contributed by atoms with Gasteiger partial charge in [0.05, 0.1) is 6.61 Å². The van der Waals surface area contributed by atoms with Gasteiger partial charge >= 0.3 is 5.97 Å². The van der Waals surface area contributed by atoms with Crippen LogP contribution in [-0.4, -0.2) is 41.3 Å². The zero-order chi connectivity index (χ0) is 33.8. The minimum atomic E-state index is -1.12. The summed E-state index contributed by atoms with van der Waals surface area (Å²) in [6.45, 7) is 3.72. The number of unbranched alkanes of at least 4 members (excludes halogenated alkanes) is 17. The van der Waals surface area contributed by atoms with E-state index in [1.165, 1.54) is 103 Å². The number of rotatable bonds is 34. The molecule has 0 aliphatic rings. The van der Waals surface area contributed by atoms with Gasteiger partial charge in [0.2, 0.25) is 0 Å². The lowest BCUT2D eigenvalue weighted by Crippen LogP contribution is -2.30. The topological polar surface area (TPSA) is 83.8 Å². The molecular weight excluding hydrogens is 572 g/mol. The van der Waals surface area contributed by atoms with Gasteiger partial charge in [-0.15, -0.1) is 0 Å². The summed E-state index contributed by atoms with van der Waals surface area (Å²) >= 11 is 0. The van der Waals surface area contributed by atoms with Crippen molar-refractivity contribution in [2.45, 2.75) is 180 Å². The SMILES string of the molecule is CCCCCC=CCC=CCC=CCC=CCCC(C(=O)CCCCCCCCCCCCCCCCC)C(=O)OCC(O)CO. The second kappa shape index (κ2) is 35.9. The number of carbonyl (C=O) groups is 2. The van der Waals surface area contributed by atoms with Gasteiger partial charge in [0.25, 0.3) is 0 Å². The maximum absolute atomic E-state index is 13.0. The van der Waals surface area contributed by atoms with E-state index < -0.39 is 24.6 Å². The molecule has 0 aromatic rings. The van der Waals surface area contributed by atoms with Crippen LogP contribution in [-0.2, 0) is 14.3 Å². The monoisotopic (exact) mass is 645 g/mol. The maximum atomic E-state index is 13.0. The van der Waals surface area contributed by atoms with Crippen LogP contribution in [0.4, 0.5) is 0 Å². The number of ether oxygens (including phenoxy) is 1. The second-order valence-corrected chi connectivity index (χ2v) is 12.9. The standard InChI is InChI=1S/C41H72O5/c1-3-5-7-9-11-13-15-17-19-21-22-24-26-28-30-32-34-39(41(45)46-37-38(43)36-42)40(44)35-33-31-29-27-25-23-20-18-16-14-12-10-8-6-4-2/h11,13,17,19,22,24,28,30,38-39,42-43H,3-10,12,14-16,18,20-21,23,25-27,29,31-37H2,1-2H3. The van der Waals surface area contributed by atoms with Gasteiger partial charge in [-0.25, -0.2) is 0 Å². The first-order valence-electron chi connectivity index (χ1n) is 19.1. The van der Waals surface area contributed by atoms with Crippen molar-refractivity contribution in [3.05, 3.63) is 48.6 Å². The van der Waals surface area contributed by atoms with Crippen molar-refractivity contribution in [2.24, 2.45) is 5.92 Å². The van der Waals surface area contributed by atoms with Gasteiger partial charge in [-0.1, -0.05) is 165 Å². The number of allylic oxidation sites excluding steroid dienone is 8. The van der Waals surface area contributed by atoms with Gasteiger partial charge in [-0.2, -0.15) is 0 Å². The summed E-state index contributed by atoms with van der Waals surface area (Å²) in [5, 5.41) is 18.6. The van der Waals surface area contributed by atoms with Crippen LogP contribution in [0.1, 0.15) is 174 Å². The van der Waals surface area contributed by atoms with E-state index in [1.54, 1.807) is 0 Å². The normalized spacial score (nSPS) is 13.5. The van der Waals surface area contributed by atoms with Crippen molar-refractivity contribution < 1.29 is 24.5 Å². The highest BCUT2D eigenvalue weighted by molar-refractivity contribution is 5.98. The fourth-order valence-corrected chi connectivity index (χ4v) is 5.41. The molecule has 5 nitrogen and oxygen atoms in total. The predicted molar refractivity (Wildman–Crippen MR) is 196 cm³/mol. The zero-order valence-electron chi connectivity index (χ0n) is 30.0. The molecule has 0 rings (SSSR count). The molecule has 2 unspecified atom stereocenters. The van der Waals surface area contributed by atoms with Crippen molar-refractivity contribution >= 4 is 11.8 Å². The number of hydrogen-bond donors (Lipinski definition) is 2. The number of aliphatic hydroxyl groups excluding tert-OH is 2. The second-order valence-electron chi connectivity index (χ2n) is 12.9. The summed E-state index contributed by atoms with van der Waals surface area (Å²) in [5.41, 5.74) is 0. The fourth-order valence-electron chi connectivity index (χ4n) is 5.41. The van der Waals surface area contributed by atoms with Gasteiger partial charge in [0.1, 0.15) is 24.4 Å². The van der Waals surface area contributed by atoms with Crippen molar-refractivity contribution in [3.63, 3.8) is 0 Å². The maximum Gasteiger partial charge on any atom is 0.316 e. The van der Waals surface area contributed by atoms with Crippen molar-refractivity contribution in [1.82, 2.24) is 0 Å². The van der Waals surface area contributed by atoms with Crippen molar-refractivity contribution in [1.29, 1.82) is 0 Å². The van der Waals surface area contributed by atoms with Crippen LogP contribution in [0.15, 0.2) is 48.6 Å². The third-order valence-electron chi connectivity index (χ3n) is 8.41. The molecule has 0 radical (unpaired) electrons. The molecular formula is C41H72O5. The third-order valence-corrected chi connectivity index (χ3v) is 8.41. The molecule has 0 saturated heterocycles.